The van der Waals surface area contributed by atoms with E-state index < -0.39 is 6.03 Å². The molecule has 4 N–H and O–H groups in total. The summed E-state index contributed by atoms with van der Waals surface area (Å²) in [5.41, 5.74) is 9.55. The first kappa shape index (κ1) is 11.9. The van der Waals surface area contributed by atoms with E-state index in [9.17, 15) is 4.79 Å². The van der Waals surface area contributed by atoms with Crippen LogP contribution in [0.25, 0.3) is 6.08 Å². The lowest BCUT2D eigenvalue weighted by Gasteiger charge is -1.86. The van der Waals surface area contributed by atoms with Crippen LogP contribution < -0.4 is 11.5 Å². The van der Waals surface area contributed by atoms with Gasteiger partial charge in [0.05, 0.1) is 0 Å². The third-order valence-electron chi connectivity index (χ3n) is 1.17. The number of amides is 2. The van der Waals surface area contributed by atoms with Crippen molar-refractivity contribution in [2.24, 2.45) is 11.5 Å². The highest BCUT2D eigenvalue weighted by Crippen LogP contribution is 1.99. The fourth-order valence-electron chi connectivity index (χ4n) is 0.715. The Morgan fingerprint density at radius 1 is 1.14 bits per heavy atom. The third-order valence-corrected chi connectivity index (χ3v) is 1.17. The molecule has 14 heavy (non-hydrogen) atoms. The molecule has 0 saturated heterocycles. The van der Waals surface area contributed by atoms with E-state index in [4.69, 9.17) is 4.79 Å². The number of allylic oxidation sites excluding steroid dienone is 1. The van der Waals surface area contributed by atoms with Gasteiger partial charge in [-0.2, -0.15) is 0 Å². The van der Waals surface area contributed by atoms with Gasteiger partial charge >= 0.3 is 6.03 Å². The van der Waals surface area contributed by atoms with Gasteiger partial charge in [0.25, 0.3) is 0 Å². The lowest BCUT2D eigenvalue weighted by Crippen LogP contribution is -2.18. The monoisotopic (exact) mass is 192 g/mol. The minimum absolute atomic E-state index is 0.771. The summed E-state index contributed by atoms with van der Waals surface area (Å²) in [6, 6.07) is 8.87. The fraction of sp³-hybridized carbons (Fsp3) is 0. The molecule has 0 atom stereocenters. The first-order valence-electron chi connectivity index (χ1n) is 3.88. The molecule has 0 aliphatic carbocycles. The second-order valence-electron chi connectivity index (χ2n) is 2.31. The van der Waals surface area contributed by atoms with Crippen LogP contribution in [-0.4, -0.2) is 12.3 Å². The lowest BCUT2D eigenvalue weighted by atomic mass is 10.2. The predicted octanol–water partition coefficient (Wildman–Crippen LogP) is 0.922. The van der Waals surface area contributed by atoms with E-state index in [1.807, 2.05) is 30.3 Å². The molecule has 0 bridgehead atoms. The smallest absolute Gasteiger partial charge is 0.309 e. The molecule has 0 spiro atoms. The van der Waals surface area contributed by atoms with E-state index in [1.165, 1.54) is 6.08 Å². The van der Waals surface area contributed by atoms with Crippen LogP contribution in [0.1, 0.15) is 5.56 Å². The molecule has 0 aromatic heterocycles. The molecule has 1 aromatic carbocycles. The number of nitrogens with two attached hydrogens (primary N) is 2. The zero-order valence-electron chi connectivity index (χ0n) is 7.59. The van der Waals surface area contributed by atoms with Gasteiger partial charge in [0, 0.05) is 0 Å². The molecule has 0 aliphatic rings. The second kappa shape index (κ2) is 7.54. The zero-order valence-corrected chi connectivity index (χ0v) is 7.59. The van der Waals surface area contributed by atoms with Gasteiger partial charge in [0.15, 0.2) is 0 Å². The summed E-state index contributed by atoms with van der Waals surface area (Å²) in [6.07, 6.45) is 4.02. The number of primary amides is 2. The van der Waals surface area contributed by atoms with Crippen molar-refractivity contribution in [2.75, 3.05) is 0 Å². The van der Waals surface area contributed by atoms with Gasteiger partial charge in [-0.05, 0) is 11.6 Å². The molecule has 0 aliphatic heterocycles. The van der Waals surface area contributed by atoms with E-state index in [-0.39, 0.29) is 0 Å². The van der Waals surface area contributed by atoms with Crippen molar-refractivity contribution in [3.63, 3.8) is 0 Å². The molecule has 2 amide bonds. The van der Waals surface area contributed by atoms with Crippen molar-refractivity contribution in [1.82, 2.24) is 0 Å². The average molecular weight is 192 g/mol. The fourth-order valence-corrected chi connectivity index (χ4v) is 0.715. The Morgan fingerprint density at radius 2 is 1.64 bits per heavy atom. The maximum atomic E-state index is 9.89. The number of carbonyl (C=O) groups excluding carboxylic acids is 2. The highest BCUT2D eigenvalue weighted by Gasteiger charge is 1.79. The van der Waals surface area contributed by atoms with Gasteiger partial charge in [0.1, 0.15) is 6.29 Å². The largest absolute Gasteiger partial charge is 0.352 e. The van der Waals surface area contributed by atoms with Gasteiger partial charge in [0.2, 0.25) is 0 Å². The van der Waals surface area contributed by atoms with Gasteiger partial charge in [-0.15, -0.1) is 0 Å². The number of hydrogen-bond donors (Lipinski definition) is 2. The molecule has 4 heteroatoms. The quantitative estimate of drug-likeness (QED) is 0.539. The first-order valence-corrected chi connectivity index (χ1v) is 3.88. The summed E-state index contributed by atoms with van der Waals surface area (Å²) >= 11 is 0. The minimum atomic E-state index is -0.833. The SMILES string of the molecule is NC(N)=O.O=CC=Cc1ccccc1. The Balaban J connectivity index is 0.000000364. The first-order chi connectivity index (χ1) is 6.66. The molecular weight excluding hydrogens is 180 g/mol. The van der Waals surface area contributed by atoms with Crippen LogP contribution >= 0.6 is 0 Å². The van der Waals surface area contributed by atoms with Gasteiger partial charge in [-0.3, -0.25) is 4.79 Å². The maximum absolute atomic E-state index is 9.89. The summed E-state index contributed by atoms with van der Waals surface area (Å²) in [5.74, 6) is 0. The van der Waals surface area contributed by atoms with Crippen LogP contribution in [-0.2, 0) is 4.79 Å². The molecule has 1 aromatic rings. The van der Waals surface area contributed by atoms with E-state index in [1.54, 1.807) is 6.08 Å². The number of rotatable bonds is 2. The van der Waals surface area contributed by atoms with Crippen molar-refractivity contribution >= 4 is 18.4 Å². The van der Waals surface area contributed by atoms with Gasteiger partial charge < -0.3 is 11.5 Å². The van der Waals surface area contributed by atoms with Crippen molar-refractivity contribution in [2.45, 2.75) is 0 Å². The topological polar surface area (TPSA) is 86.2 Å². The second-order valence-corrected chi connectivity index (χ2v) is 2.31. The summed E-state index contributed by atoms with van der Waals surface area (Å²) < 4.78 is 0. The Hall–Kier alpha value is -2.10. The Bertz CT molecular complexity index is 303. The van der Waals surface area contributed by atoms with Crippen LogP contribution in [0.2, 0.25) is 0 Å². The van der Waals surface area contributed by atoms with E-state index >= 15 is 0 Å². The van der Waals surface area contributed by atoms with Gasteiger partial charge in [-0.25, -0.2) is 4.79 Å². The molecule has 4 nitrogen and oxygen atoms in total. The standard InChI is InChI=1S/C9H8O.CH4N2O/c10-8-4-7-9-5-2-1-3-6-9;2-1(3)4/h1-8H;(H4,2,3,4). The van der Waals surface area contributed by atoms with Gasteiger partial charge in [-0.1, -0.05) is 36.4 Å². The predicted molar refractivity (Wildman–Crippen MR) is 55.3 cm³/mol. The number of aldehydes is 1. The lowest BCUT2D eigenvalue weighted by molar-refractivity contribution is -0.104. The highest BCUT2D eigenvalue weighted by molar-refractivity contribution is 5.73. The molecular formula is C10H12N2O2. The number of hydrogen-bond acceptors (Lipinski definition) is 2. The Morgan fingerprint density at radius 3 is 2.07 bits per heavy atom. The Kier molecular flexibility index (Phi) is 6.41. The number of carbonyl (C=O) groups is 2. The summed E-state index contributed by atoms with van der Waals surface area (Å²) in [4.78, 5) is 18.9. The molecule has 0 radical (unpaired) electrons. The summed E-state index contributed by atoms with van der Waals surface area (Å²) in [6.45, 7) is 0. The van der Waals surface area contributed by atoms with Crippen LogP contribution in [0, 0.1) is 0 Å². The summed E-state index contributed by atoms with van der Waals surface area (Å²) in [5, 5.41) is 0. The van der Waals surface area contributed by atoms with Crippen LogP contribution in [0.15, 0.2) is 36.4 Å². The normalized spacial score (nSPS) is 8.86. The van der Waals surface area contributed by atoms with E-state index in [0.29, 0.717) is 0 Å². The Labute approximate surface area is 82.2 Å². The van der Waals surface area contributed by atoms with E-state index in [0.717, 1.165) is 11.8 Å². The molecule has 0 fully saturated rings. The molecule has 0 saturated carbocycles. The van der Waals surface area contributed by atoms with Crippen molar-refractivity contribution in [1.29, 1.82) is 0 Å². The zero-order chi connectivity index (χ0) is 10.8. The molecule has 74 valence electrons. The molecule has 0 heterocycles. The third kappa shape index (κ3) is 8.00. The average Bonchev–Trinajstić information content (AvgIpc) is 2.15. The van der Waals surface area contributed by atoms with Crippen LogP contribution in [0.4, 0.5) is 4.79 Å². The van der Waals surface area contributed by atoms with Crippen molar-refractivity contribution in [3.8, 4) is 0 Å². The summed E-state index contributed by atoms with van der Waals surface area (Å²) in [7, 11) is 0. The molecule has 0 unspecified atom stereocenters. The van der Waals surface area contributed by atoms with Crippen LogP contribution in [0.5, 0.6) is 0 Å². The van der Waals surface area contributed by atoms with E-state index in [2.05, 4.69) is 11.5 Å². The minimum Gasteiger partial charge on any atom is -0.352 e. The number of benzene rings is 1. The van der Waals surface area contributed by atoms with Crippen molar-refractivity contribution < 1.29 is 9.59 Å². The van der Waals surface area contributed by atoms with Crippen LogP contribution in [0.3, 0.4) is 0 Å². The maximum Gasteiger partial charge on any atom is 0.309 e. The highest BCUT2D eigenvalue weighted by atomic mass is 16.2. The molecule has 1 rings (SSSR count). The number of urea groups is 1. The van der Waals surface area contributed by atoms with Crippen molar-refractivity contribution in [3.05, 3.63) is 42.0 Å².